The summed E-state index contributed by atoms with van der Waals surface area (Å²) in [5, 5.41) is 0.757. The summed E-state index contributed by atoms with van der Waals surface area (Å²) in [6.45, 7) is 1.90. The number of methoxy groups -OCH3 is 1. The molecule has 114 valence electrons. The number of benzene rings is 1. The maximum Gasteiger partial charge on any atom is 0.244 e. The molecule has 0 saturated carbocycles. The van der Waals surface area contributed by atoms with Crippen LogP contribution in [0.15, 0.2) is 29.2 Å². The van der Waals surface area contributed by atoms with E-state index in [0.717, 1.165) is 5.33 Å². The molecule has 0 atom stereocenters. The van der Waals surface area contributed by atoms with E-state index in [2.05, 4.69) is 15.9 Å². The molecule has 0 bridgehead atoms. The number of halogens is 1. The molecule has 0 N–H and O–H groups in total. The fourth-order valence-electron chi connectivity index (χ4n) is 1.79. The van der Waals surface area contributed by atoms with Gasteiger partial charge < -0.3 is 9.64 Å². The molecule has 0 aliphatic heterocycles. The molecule has 1 aromatic carbocycles. The molecule has 0 aliphatic rings. The Labute approximate surface area is 129 Å². The number of nitrogens with zero attached hydrogens (tertiary/aromatic N) is 2. The van der Waals surface area contributed by atoms with Gasteiger partial charge in [0.2, 0.25) is 10.0 Å². The van der Waals surface area contributed by atoms with Crippen molar-refractivity contribution < 1.29 is 13.2 Å². The van der Waals surface area contributed by atoms with Gasteiger partial charge in [-0.05, 0) is 12.1 Å². The first kappa shape index (κ1) is 17.4. The van der Waals surface area contributed by atoms with Crippen molar-refractivity contribution in [1.29, 1.82) is 0 Å². The lowest BCUT2D eigenvalue weighted by Crippen LogP contribution is -2.32. The molecule has 0 fully saturated rings. The van der Waals surface area contributed by atoms with Gasteiger partial charge >= 0.3 is 0 Å². The maximum atomic E-state index is 12.4. The molecule has 1 rings (SSSR count). The average molecular weight is 365 g/mol. The van der Waals surface area contributed by atoms with Gasteiger partial charge in [0, 0.05) is 39.6 Å². The van der Waals surface area contributed by atoms with Crippen molar-refractivity contribution in [3.8, 4) is 0 Å². The molecule has 0 spiro atoms. The molecule has 0 radical (unpaired) electrons. The highest BCUT2D eigenvalue weighted by Gasteiger charge is 2.23. The number of rotatable bonds is 8. The molecular formula is C13H21BrN2O3S. The lowest BCUT2D eigenvalue weighted by atomic mass is 10.3. The molecule has 5 nitrogen and oxygen atoms in total. The van der Waals surface area contributed by atoms with Crippen molar-refractivity contribution in [3.63, 3.8) is 0 Å². The first-order valence-electron chi connectivity index (χ1n) is 6.26. The summed E-state index contributed by atoms with van der Waals surface area (Å²) in [5.74, 6) is 0. The fraction of sp³-hybridized carbons (Fsp3) is 0.538. The van der Waals surface area contributed by atoms with Crippen LogP contribution in [0.1, 0.15) is 0 Å². The highest BCUT2D eigenvalue weighted by molar-refractivity contribution is 9.09. The van der Waals surface area contributed by atoms with E-state index in [9.17, 15) is 8.42 Å². The van der Waals surface area contributed by atoms with Gasteiger partial charge in [-0.15, -0.1) is 0 Å². The fourth-order valence-corrected chi connectivity index (χ4v) is 3.32. The zero-order valence-electron chi connectivity index (χ0n) is 12.0. The van der Waals surface area contributed by atoms with Gasteiger partial charge in [-0.3, -0.25) is 0 Å². The van der Waals surface area contributed by atoms with E-state index in [4.69, 9.17) is 4.74 Å². The van der Waals surface area contributed by atoms with E-state index >= 15 is 0 Å². The number of hydrogen-bond acceptors (Lipinski definition) is 4. The van der Waals surface area contributed by atoms with E-state index in [1.807, 2.05) is 17.0 Å². The molecule has 0 unspecified atom stereocenters. The quantitative estimate of drug-likeness (QED) is 0.659. The largest absolute Gasteiger partial charge is 0.383 e. The van der Waals surface area contributed by atoms with E-state index in [0.29, 0.717) is 30.3 Å². The number of hydrogen-bond donors (Lipinski definition) is 0. The summed E-state index contributed by atoms with van der Waals surface area (Å²) in [6.07, 6.45) is 0. The van der Waals surface area contributed by atoms with Crippen LogP contribution in [0.3, 0.4) is 0 Å². The smallest absolute Gasteiger partial charge is 0.244 e. The number of anilines is 1. The Morgan fingerprint density at radius 1 is 1.20 bits per heavy atom. The van der Waals surface area contributed by atoms with Gasteiger partial charge in [-0.1, -0.05) is 28.1 Å². The minimum absolute atomic E-state index is 0.321. The summed E-state index contributed by atoms with van der Waals surface area (Å²) in [7, 11) is 1.25. The van der Waals surface area contributed by atoms with Crippen LogP contribution in [-0.2, 0) is 14.8 Å². The first-order chi connectivity index (χ1) is 9.45. The Morgan fingerprint density at radius 3 is 2.40 bits per heavy atom. The Bertz CT molecular complexity index is 520. The van der Waals surface area contributed by atoms with Gasteiger partial charge in [0.05, 0.1) is 12.3 Å². The third kappa shape index (κ3) is 4.18. The van der Waals surface area contributed by atoms with Crippen molar-refractivity contribution >= 4 is 31.6 Å². The Balaban J connectivity index is 3.22. The molecule has 7 heteroatoms. The zero-order valence-corrected chi connectivity index (χ0v) is 14.4. The standard InChI is InChI=1S/C13H21BrN2O3S/c1-15(2)20(17,18)13-7-5-4-6-12(13)16(9-8-14)10-11-19-3/h4-7H,8-11H2,1-3H3. The van der Waals surface area contributed by atoms with Crippen LogP contribution in [0.2, 0.25) is 0 Å². The van der Waals surface area contributed by atoms with Crippen LogP contribution in [0, 0.1) is 0 Å². The Hall–Kier alpha value is -0.630. The average Bonchev–Trinajstić information content (AvgIpc) is 2.43. The summed E-state index contributed by atoms with van der Waals surface area (Å²) in [6, 6.07) is 7.05. The monoisotopic (exact) mass is 364 g/mol. The van der Waals surface area contributed by atoms with Crippen molar-refractivity contribution in [3.05, 3.63) is 24.3 Å². The molecule has 0 saturated heterocycles. The molecule has 1 aromatic rings. The minimum Gasteiger partial charge on any atom is -0.383 e. The van der Waals surface area contributed by atoms with Crippen LogP contribution in [-0.4, -0.2) is 59.0 Å². The molecule has 0 amide bonds. The van der Waals surface area contributed by atoms with Gasteiger partial charge in [0.25, 0.3) is 0 Å². The SMILES string of the molecule is COCCN(CCBr)c1ccccc1S(=O)(=O)N(C)C. The van der Waals surface area contributed by atoms with E-state index < -0.39 is 10.0 Å². The third-order valence-electron chi connectivity index (χ3n) is 2.88. The molecule has 0 aromatic heterocycles. The normalized spacial score (nSPS) is 11.8. The van der Waals surface area contributed by atoms with Crippen molar-refractivity contribution in [2.45, 2.75) is 4.90 Å². The summed E-state index contributed by atoms with van der Waals surface area (Å²) in [4.78, 5) is 2.33. The predicted octanol–water partition coefficient (Wildman–Crippen LogP) is 1.78. The van der Waals surface area contributed by atoms with Crippen LogP contribution in [0.5, 0.6) is 0 Å². The topological polar surface area (TPSA) is 49.9 Å². The van der Waals surface area contributed by atoms with E-state index in [1.54, 1.807) is 19.2 Å². The summed E-state index contributed by atoms with van der Waals surface area (Å²) >= 11 is 3.40. The van der Waals surface area contributed by atoms with Crippen molar-refractivity contribution in [2.75, 3.05) is 51.1 Å². The third-order valence-corrected chi connectivity index (χ3v) is 5.10. The zero-order chi connectivity index (χ0) is 15.2. The van der Waals surface area contributed by atoms with Gasteiger partial charge in [0.1, 0.15) is 4.90 Å². The van der Waals surface area contributed by atoms with Crippen molar-refractivity contribution in [2.24, 2.45) is 0 Å². The second-order valence-electron chi connectivity index (χ2n) is 4.42. The number of ether oxygens (including phenoxy) is 1. The number of para-hydroxylation sites is 1. The highest BCUT2D eigenvalue weighted by Crippen LogP contribution is 2.26. The van der Waals surface area contributed by atoms with E-state index in [1.165, 1.54) is 18.4 Å². The summed E-state index contributed by atoms with van der Waals surface area (Å²) < 4.78 is 31.1. The Kier molecular flexibility index (Phi) is 6.94. The lowest BCUT2D eigenvalue weighted by molar-refractivity contribution is 0.205. The molecular weight excluding hydrogens is 344 g/mol. The molecule has 20 heavy (non-hydrogen) atoms. The van der Waals surface area contributed by atoms with E-state index in [-0.39, 0.29) is 0 Å². The lowest BCUT2D eigenvalue weighted by Gasteiger charge is -2.26. The van der Waals surface area contributed by atoms with Crippen LogP contribution >= 0.6 is 15.9 Å². The van der Waals surface area contributed by atoms with Crippen molar-refractivity contribution in [1.82, 2.24) is 4.31 Å². The molecule has 0 heterocycles. The minimum atomic E-state index is -3.46. The Morgan fingerprint density at radius 2 is 1.85 bits per heavy atom. The highest BCUT2D eigenvalue weighted by atomic mass is 79.9. The van der Waals surface area contributed by atoms with Crippen LogP contribution < -0.4 is 4.90 Å². The van der Waals surface area contributed by atoms with Gasteiger partial charge in [-0.25, -0.2) is 12.7 Å². The van der Waals surface area contributed by atoms with Crippen LogP contribution in [0.25, 0.3) is 0 Å². The van der Waals surface area contributed by atoms with Gasteiger partial charge in [-0.2, -0.15) is 0 Å². The second kappa shape index (κ2) is 7.97. The predicted molar refractivity (Wildman–Crippen MR) is 85.2 cm³/mol. The molecule has 0 aliphatic carbocycles. The first-order valence-corrected chi connectivity index (χ1v) is 8.82. The van der Waals surface area contributed by atoms with Crippen LogP contribution in [0.4, 0.5) is 5.69 Å². The maximum absolute atomic E-state index is 12.4. The number of sulfonamides is 1. The summed E-state index contributed by atoms with van der Waals surface area (Å²) in [5.41, 5.74) is 0.706. The van der Waals surface area contributed by atoms with Gasteiger partial charge in [0.15, 0.2) is 0 Å². The second-order valence-corrected chi connectivity index (χ2v) is 7.34. The number of alkyl halides is 1.